The van der Waals surface area contributed by atoms with E-state index in [-0.39, 0.29) is 0 Å². The van der Waals surface area contributed by atoms with Crippen molar-refractivity contribution in [3.63, 3.8) is 0 Å². The number of aliphatic hydroxyl groups excluding tert-OH is 2. The minimum absolute atomic E-state index is 0.303. The van der Waals surface area contributed by atoms with Crippen molar-refractivity contribution in [2.75, 3.05) is 7.11 Å². The Labute approximate surface area is 81.8 Å². The van der Waals surface area contributed by atoms with Crippen LogP contribution in [0.4, 0.5) is 4.39 Å². The van der Waals surface area contributed by atoms with Crippen LogP contribution in [0.2, 0.25) is 0 Å². The second-order valence-corrected chi connectivity index (χ2v) is 3.11. The van der Waals surface area contributed by atoms with Crippen molar-refractivity contribution < 1.29 is 19.3 Å². The van der Waals surface area contributed by atoms with Crippen LogP contribution in [0.25, 0.3) is 0 Å². The minimum atomic E-state index is -1.10. The Hall–Kier alpha value is -1.13. The van der Waals surface area contributed by atoms with Gasteiger partial charge < -0.3 is 14.9 Å². The largest absolute Gasteiger partial charge is 0.497 e. The van der Waals surface area contributed by atoms with Gasteiger partial charge in [-0.25, -0.2) is 4.39 Å². The molecule has 2 N–H and O–H groups in total. The quantitative estimate of drug-likeness (QED) is 0.772. The van der Waals surface area contributed by atoms with E-state index in [2.05, 4.69) is 0 Å². The number of halogens is 1. The Balaban J connectivity index is 3.02. The van der Waals surface area contributed by atoms with Crippen molar-refractivity contribution >= 4 is 0 Å². The van der Waals surface area contributed by atoms with Gasteiger partial charge in [-0.1, -0.05) is 0 Å². The molecule has 3 nitrogen and oxygen atoms in total. The summed E-state index contributed by atoms with van der Waals surface area (Å²) in [6.45, 7) is 1.43. The van der Waals surface area contributed by atoms with Gasteiger partial charge in [0.05, 0.1) is 13.2 Å². The van der Waals surface area contributed by atoms with Crippen molar-refractivity contribution in [2.45, 2.75) is 19.1 Å². The summed E-state index contributed by atoms with van der Waals surface area (Å²) in [6.07, 6.45) is -2.04. The van der Waals surface area contributed by atoms with E-state index >= 15 is 0 Å². The topological polar surface area (TPSA) is 49.7 Å². The number of methoxy groups -OCH3 is 1. The molecule has 1 rings (SSSR count). The van der Waals surface area contributed by atoms with Crippen LogP contribution in [0.1, 0.15) is 18.6 Å². The lowest BCUT2D eigenvalue weighted by atomic mass is 10.1. The fourth-order valence-electron chi connectivity index (χ4n) is 1.15. The molecular weight excluding hydrogens is 187 g/mol. The number of hydrogen-bond acceptors (Lipinski definition) is 3. The molecule has 0 saturated carbocycles. The standard InChI is InChI=1S/C10H13FO3/c1-6(12)10(13)7-3-8(11)5-9(4-7)14-2/h3-6,10,12-13H,1-2H3. The zero-order valence-electron chi connectivity index (χ0n) is 8.07. The van der Waals surface area contributed by atoms with Crippen LogP contribution in [0.15, 0.2) is 18.2 Å². The van der Waals surface area contributed by atoms with E-state index in [1.54, 1.807) is 0 Å². The molecule has 0 bridgehead atoms. The first-order chi connectivity index (χ1) is 6.54. The zero-order chi connectivity index (χ0) is 10.7. The first-order valence-electron chi connectivity index (χ1n) is 4.25. The second-order valence-electron chi connectivity index (χ2n) is 3.11. The third-order valence-electron chi connectivity index (χ3n) is 1.93. The Kier molecular flexibility index (Phi) is 3.43. The fraction of sp³-hybridized carbons (Fsp3) is 0.400. The van der Waals surface area contributed by atoms with Gasteiger partial charge in [-0.05, 0) is 24.6 Å². The molecule has 0 aliphatic heterocycles. The van der Waals surface area contributed by atoms with Gasteiger partial charge in [0.1, 0.15) is 17.7 Å². The third kappa shape index (κ3) is 2.43. The SMILES string of the molecule is COc1cc(F)cc(C(O)C(C)O)c1. The van der Waals surface area contributed by atoms with E-state index in [0.29, 0.717) is 11.3 Å². The van der Waals surface area contributed by atoms with Crippen LogP contribution >= 0.6 is 0 Å². The lowest BCUT2D eigenvalue weighted by Crippen LogP contribution is -2.14. The molecule has 0 spiro atoms. The summed E-state index contributed by atoms with van der Waals surface area (Å²) < 4.78 is 17.8. The Morgan fingerprint density at radius 3 is 2.43 bits per heavy atom. The Morgan fingerprint density at radius 2 is 1.93 bits per heavy atom. The zero-order valence-corrected chi connectivity index (χ0v) is 8.07. The highest BCUT2D eigenvalue weighted by atomic mass is 19.1. The lowest BCUT2D eigenvalue weighted by Gasteiger charge is -2.14. The third-order valence-corrected chi connectivity index (χ3v) is 1.93. The summed E-state index contributed by atoms with van der Waals surface area (Å²) in [5.41, 5.74) is 0.303. The maximum Gasteiger partial charge on any atom is 0.127 e. The molecule has 1 aromatic carbocycles. The normalized spacial score (nSPS) is 14.9. The summed E-state index contributed by atoms with van der Waals surface area (Å²) >= 11 is 0. The molecule has 0 aromatic heterocycles. The number of hydrogen-bond donors (Lipinski definition) is 2. The van der Waals surface area contributed by atoms with Crippen LogP contribution in [0.3, 0.4) is 0 Å². The maximum atomic E-state index is 13.0. The molecule has 0 aliphatic rings. The molecule has 0 radical (unpaired) electrons. The summed E-state index contributed by atoms with van der Waals surface area (Å²) in [5.74, 6) is -0.182. The molecule has 0 saturated heterocycles. The summed E-state index contributed by atoms with van der Waals surface area (Å²) in [7, 11) is 1.41. The molecule has 14 heavy (non-hydrogen) atoms. The second kappa shape index (κ2) is 4.39. The monoisotopic (exact) mass is 200 g/mol. The summed E-state index contributed by atoms with van der Waals surface area (Å²) in [5, 5.41) is 18.6. The van der Waals surface area contributed by atoms with E-state index in [4.69, 9.17) is 9.84 Å². The number of aliphatic hydroxyl groups is 2. The molecule has 0 amide bonds. The predicted octanol–water partition coefficient (Wildman–Crippen LogP) is 1.25. The van der Waals surface area contributed by atoms with E-state index in [1.165, 1.54) is 32.2 Å². The number of ether oxygens (including phenoxy) is 1. The molecular formula is C10H13FO3. The van der Waals surface area contributed by atoms with E-state index in [9.17, 15) is 9.50 Å². The first kappa shape index (κ1) is 10.9. The van der Waals surface area contributed by atoms with E-state index in [0.717, 1.165) is 0 Å². The molecule has 4 heteroatoms. The van der Waals surface area contributed by atoms with Gasteiger partial charge in [0.2, 0.25) is 0 Å². The fourth-order valence-corrected chi connectivity index (χ4v) is 1.15. The van der Waals surface area contributed by atoms with Crippen molar-refractivity contribution in [3.8, 4) is 5.75 Å². The average molecular weight is 200 g/mol. The van der Waals surface area contributed by atoms with Gasteiger partial charge in [-0.15, -0.1) is 0 Å². The van der Waals surface area contributed by atoms with Gasteiger partial charge in [0.15, 0.2) is 0 Å². The van der Waals surface area contributed by atoms with Gasteiger partial charge in [-0.3, -0.25) is 0 Å². The van der Waals surface area contributed by atoms with Crippen LogP contribution < -0.4 is 4.74 Å². The van der Waals surface area contributed by atoms with E-state index < -0.39 is 18.0 Å². The van der Waals surface area contributed by atoms with Gasteiger partial charge in [0.25, 0.3) is 0 Å². The molecule has 2 unspecified atom stereocenters. The minimum Gasteiger partial charge on any atom is -0.497 e. The van der Waals surface area contributed by atoms with Crippen LogP contribution in [-0.2, 0) is 0 Å². The summed E-state index contributed by atoms with van der Waals surface area (Å²) in [6, 6.07) is 3.86. The van der Waals surface area contributed by atoms with Crippen molar-refractivity contribution in [1.29, 1.82) is 0 Å². The van der Waals surface area contributed by atoms with Crippen LogP contribution in [0.5, 0.6) is 5.75 Å². The van der Waals surface area contributed by atoms with Crippen LogP contribution in [-0.4, -0.2) is 23.4 Å². The smallest absolute Gasteiger partial charge is 0.127 e. The molecule has 2 atom stereocenters. The molecule has 78 valence electrons. The van der Waals surface area contributed by atoms with Gasteiger partial charge >= 0.3 is 0 Å². The molecule has 1 aromatic rings. The van der Waals surface area contributed by atoms with Crippen molar-refractivity contribution in [1.82, 2.24) is 0 Å². The Morgan fingerprint density at radius 1 is 1.29 bits per heavy atom. The van der Waals surface area contributed by atoms with Crippen molar-refractivity contribution in [2.24, 2.45) is 0 Å². The molecule has 0 fully saturated rings. The van der Waals surface area contributed by atoms with Gasteiger partial charge in [-0.2, -0.15) is 0 Å². The first-order valence-corrected chi connectivity index (χ1v) is 4.25. The molecule has 0 heterocycles. The summed E-state index contributed by atoms with van der Waals surface area (Å²) in [4.78, 5) is 0. The van der Waals surface area contributed by atoms with Crippen molar-refractivity contribution in [3.05, 3.63) is 29.6 Å². The highest BCUT2D eigenvalue weighted by Crippen LogP contribution is 2.23. The van der Waals surface area contributed by atoms with E-state index in [1.807, 2.05) is 0 Å². The maximum absolute atomic E-state index is 13.0. The highest BCUT2D eigenvalue weighted by molar-refractivity contribution is 5.31. The average Bonchev–Trinajstić information content (AvgIpc) is 2.15. The van der Waals surface area contributed by atoms with Crippen LogP contribution in [0, 0.1) is 5.82 Å². The Bertz CT molecular complexity index is 312. The number of rotatable bonds is 3. The van der Waals surface area contributed by atoms with Gasteiger partial charge in [0, 0.05) is 6.07 Å². The molecule has 0 aliphatic carbocycles. The predicted molar refractivity (Wildman–Crippen MR) is 49.6 cm³/mol. The number of benzene rings is 1. The lowest BCUT2D eigenvalue weighted by molar-refractivity contribution is 0.0302. The highest BCUT2D eigenvalue weighted by Gasteiger charge is 2.15.